The summed E-state index contributed by atoms with van der Waals surface area (Å²) in [5, 5.41) is 8.64. The van der Waals surface area contributed by atoms with Crippen LogP contribution in [0.15, 0.2) is 94.4 Å². The van der Waals surface area contributed by atoms with Crippen molar-refractivity contribution in [2.45, 2.75) is 49.0 Å². The van der Waals surface area contributed by atoms with Crippen molar-refractivity contribution in [1.29, 1.82) is 0 Å². The molecular weight excluding hydrogens is 1090 g/mol. The highest BCUT2D eigenvalue weighted by Gasteiger charge is 2.44. The number of carbonyl (C=O) groups is 1. The zero-order chi connectivity index (χ0) is 56.7. The number of allylic oxidation sites excluding steroid dienone is 7. The molecule has 1 aromatic rings. The van der Waals surface area contributed by atoms with Gasteiger partial charge in [0.1, 0.15) is 6.10 Å². The van der Waals surface area contributed by atoms with Crippen LogP contribution in [-0.4, -0.2) is 225 Å². The summed E-state index contributed by atoms with van der Waals surface area (Å²) in [6.45, 7) is 9.24. The summed E-state index contributed by atoms with van der Waals surface area (Å²) in [5.74, 6) is -1.89. The fourth-order valence-electron chi connectivity index (χ4n) is 8.33. The van der Waals surface area contributed by atoms with Crippen molar-refractivity contribution in [3.63, 3.8) is 0 Å². The Labute approximate surface area is 458 Å². The van der Waals surface area contributed by atoms with Crippen molar-refractivity contribution in [2.75, 3.05) is 169 Å². The minimum atomic E-state index is -4.63. The van der Waals surface area contributed by atoms with E-state index in [4.69, 9.17) is 57.2 Å². The van der Waals surface area contributed by atoms with Crippen LogP contribution in [0.25, 0.3) is 0 Å². The number of fused-ring (bicyclic) bond motifs is 2. The summed E-state index contributed by atoms with van der Waals surface area (Å²) in [4.78, 5) is 14.1. The number of anilines is 1. The molecule has 0 spiro atoms. The molecule has 3 aliphatic rings. The van der Waals surface area contributed by atoms with Gasteiger partial charge in [0.25, 0.3) is 30.4 Å². The van der Waals surface area contributed by atoms with Gasteiger partial charge in [-0.1, -0.05) is 18.2 Å². The van der Waals surface area contributed by atoms with Crippen LogP contribution >= 0.6 is 0 Å². The van der Waals surface area contributed by atoms with Gasteiger partial charge in [-0.15, -0.1) is 0 Å². The predicted octanol–water partition coefficient (Wildman–Crippen LogP) is 3.63. The van der Waals surface area contributed by atoms with Crippen LogP contribution in [-0.2, 0) is 92.7 Å². The molecule has 0 amide bonds. The summed E-state index contributed by atoms with van der Waals surface area (Å²) < 4.78 is 162. The molecule has 78 heavy (non-hydrogen) atoms. The van der Waals surface area contributed by atoms with Crippen LogP contribution in [0.2, 0.25) is 0 Å². The number of carboxylic acids is 1. The molecule has 4 N–H and O–H groups in total. The van der Waals surface area contributed by atoms with Crippen LogP contribution in [0.5, 0.6) is 0 Å². The fourth-order valence-corrected chi connectivity index (χ4v) is 9.84. The van der Waals surface area contributed by atoms with Gasteiger partial charge in [-0.05, 0) is 79.8 Å². The van der Waals surface area contributed by atoms with Gasteiger partial charge in [-0.3, -0.25) is 18.5 Å². The summed E-state index contributed by atoms with van der Waals surface area (Å²) in [7, 11) is -11.6. The van der Waals surface area contributed by atoms with Gasteiger partial charge in [0.2, 0.25) is 0 Å². The maximum atomic E-state index is 12.4. The number of benzene rings is 1. The lowest BCUT2D eigenvalue weighted by atomic mass is 9.77. The average molecular weight is 1170 g/mol. The van der Waals surface area contributed by atoms with Gasteiger partial charge < -0.3 is 67.0 Å². The molecule has 2 heterocycles. The first-order valence-electron chi connectivity index (χ1n) is 25.6. The molecule has 0 fully saturated rings. The van der Waals surface area contributed by atoms with Crippen molar-refractivity contribution in [1.82, 2.24) is 4.90 Å². The van der Waals surface area contributed by atoms with E-state index >= 15 is 0 Å². The molecule has 1 aliphatic carbocycles. The van der Waals surface area contributed by atoms with Crippen molar-refractivity contribution in [3.05, 3.63) is 95.1 Å². The summed E-state index contributed by atoms with van der Waals surface area (Å²) in [5.41, 5.74) is 3.14. The minimum absolute atomic E-state index is 0.0167. The molecule has 27 heteroatoms. The molecule has 24 nitrogen and oxygen atoms in total. The van der Waals surface area contributed by atoms with Gasteiger partial charge in [0.15, 0.2) is 0 Å². The lowest BCUT2D eigenvalue weighted by Gasteiger charge is -2.31. The van der Waals surface area contributed by atoms with Crippen molar-refractivity contribution >= 4 is 42.0 Å². The van der Waals surface area contributed by atoms with E-state index in [9.17, 15) is 43.7 Å². The Bertz CT molecular complexity index is 2510. The van der Waals surface area contributed by atoms with Crippen LogP contribution in [0.3, 0.4) is 0 Å². The molecule has 0 aromatic heterocycles. The molecule has 2 aliphatic heterocycles. The third kappa shape index (κ3) is 25.5. The SMILES string of the molecule is COCCOCCOCCOCCOCCN(CCCS(=O)(=O)O)C1=CC2OC=CC(C=CC=C3N(CCOCCOCCOCCOCCOCCC(=O)O)c4ccc(S(=O)(=O)O)cc4C3(C)CCCS(=O)(=O)O)=C2C=C1. The highest BCUT2D eigenvalue weighted by Crippen LogP contribution is 2.51. The molecule has 2 unspecified atom stereocenters. The van der Waals surface area contributed by atoms with E-state index in [1.54, 1.807) is 25.5 Å². The monoisotopic (exact) mass is 1170 g/mol. The molecule has 2 atom stereocenters. The highest BCUT2D eigenvalue weighted by molar-refractivity contribution is 7.86. The molecular formula is C51H78N2O22S3. The minimum Gasteiger partial charge on any atom is -0.489 e. The quantitative estimate of drug-likeness (QED) is 0.0535. The van der Waals surface area contributed by atoms with E-state index in [0.717, 1.165) is 16.8 Å². The lowest BCUT2D eigenvalue weighted by Crippen LogP contribution is -2.31. The number of ether oxygens (including phenoxy) is 11. The molecule has 0 saturated heterocycles. The lowest BCUT2D eigenvalue weighted by molar-refractivity contribution is -0.138. The summed E-state index contributed by atoms with van der Waals surface area (Å²) in [6, 6.07) is 4.25. The second-order valence-corrected chi connectivity index (χ2v) is 22.5. The number of aliphatic carboxylic acids is 1. The first-order valence-corrected chi connectivity index (χ1v) is 30.3. The van der Waals surface area contributed by atoms with E-state index in [2.05, 4.69) is 0 Å². The standard InChI is InChI=1S/C51H78N2O22S3/c1-51(14-4-38-76(56,57)58)46-41-44(78(62,63)64)9-11-47(46)53(17-21-68-26-29-72-34-37-74-35-32-70-27-24-66-18-13-50(54)55)49(51)7-3-6-42-12-19-75-48-40-43(8-10-45(42)48)52(15-5-39-77(59,60)61)16-20-67-25-28-71-33-36-73-31-30-69-23-22-65-2/h3,6-12,19,40-41,48H,4-5,13-18,20-39H2,1-2H3,(H,54,55)(H,56,57,58)(H,59,60,61)(H,62,63,64). The van der Waals surface area contributed by atoms with E-state index < -0.39 is 59.3 Å². The molecule has 442 valence electrons. The van der Waals surface area contributed by atoms with Gasteiger partial charge in [-0.25, -0.2) is 0 Å². The number of hydrogen-bond acceptors (Lipinski definition) is 20. The largest absolute Gasteiger partial charge is 0.489 e. The van der Waals surface area contributed by atoms with E-state index in [-0.39, 0.29) is 70.2 Å². The van der Waals surface area contributed by atoms with Crippen LogP contribution < -0.4 is 4.90 Å². The summed E-state index contributed by atoms with van der Waals surface area (Å²) >= 11 is 0. The van der Waals surface area contributed by atoms with Crippen LogP contribution in [0.1, 0.15) is 38.2 Å². The normalized spacial score (nSPS) is 18.0. The van der Waals surface area contributed by atoms with Gasteiger partial charge in [0.05, 0.1) is 155 Å². The number of hydrogen-bond donors (Lipinski definition) is 4. The van der Waals surface area contributed by atoms with Gasteiger partial charge in [0, 0.05) is 54.8 Å². The Balaban J connectivity index is 1.42. The Hall–Kier alpha value is -4.14. The van der Waals surface area contributed by atoms with E-state index in [1.165, 1.54) is 12.1 Å². The van der Waals surface area contributed by atoms with E-state index in [0.29, 0.717) is 123 Å². The molecule has 0 saturated carbocycles. The first-order chi connectivity index (χ1) is 37.3. The van der Waals surface area contributed by atoms with E-state index in [1.807, 2.05) is 53.2 Å². The smallest absolute Gasteiger partial charge is 0.305 e. The second-order valence-electron chi connectivity index (χ2n) is 17.9. The molecule has 0 radical (unpaired) electrons. The third-order valence-electron chi connectivity index (χ3n) is 12.1. The maximum Gasteiger partial charge on any atom is 0.305 e. The first kappa shape index (κ1) is 66.4. The number of nitrogens with zero attached hydrogens (tertiary/aromatic N) is 2. The Morgan fingerprint density at radius 1 is 0.679 bits per heavy atom. The predicted molar refractivity (Wildman–Crippen MR) is 286 cm³/mol. The van der Waals surface area contributed by atoms with Crippen molar-refractivity contribution in [2.24, 2.45) is 0 Å². The third-order valence-corrected chi connectivity index (χ3v) is 14.6. The Morgan fingerprint density at radius 3 is 1.74 bits per heavy atom. The zero-order valence-corrected chi connectivity index (χ0v) is 46.9. The summed E-state index contributed by atoms with van der Waals surface area (Å²) in [6.07, 6.45) is 14.3. The number of carboxylic acid groups (broad SMARTS) is 1. The van der Waals surface area contributed by atoms with Crippen molar-refractivity contribution < 1.29 is 101 Å². The molecule has 1 aromatic carbocycles. The Kier molecular flexibility index (Phi) is 30.3. The topological polar surface area (TPSA) is 308 Å². The van der Waals surface area contributed by atoms with Crippen molar-refractivity contribution in [3.8, 4) is 0 Å². The van der Waals surface area contributed by atoms with Crippen LogP contribution in [0, 0.1) is 0 Å². The van der Waals surface area contributed by atoms with Gasteiger partial charge in [-0.2, -0.15) is 25.3 Å². The molecule has 0 bridgehead atoms. The molecule has 4 rings (SSSR count). The highest BCUT2D eigenvalue weighted by atomic mass is 32.2. The zero-order valence-electron chi connectivity index (χ0n) is 44.5. The van der Waals surface area contributed by atoms with Crippen LogP contribution in [0.4, 0.5) is 5.69 Å². The Morgan fingerprint density at radius 2 is 1.21 bits per heavy atom. The maximum absolute atomic E-state index is 12.4. The number of rotatable bonds is 45. The van der Waals surface area contributed by atoms with Gasteiger partial charge >= 0.3 is 5.97 Å². The number of methoxy groups -OCH3 is 1. The second kappa shape index (κ2) is 35.6. The fraction of sp³-hybridized carbons (Fsp3) is 0.627. The average Bonchev–Trinajstić information content (AvgIpc) is 3.86.